The molecule has 0 aromatic rings. The third-order valence-electron chi connectivity index (χ3n) is 1.41. The van der Waals surface area contributed by atoms with Gasteiger partial charge in [-0.05, 0) is 20.8 Å². The van der Waals surface area contributed by atoms with Crippen molar-refractivity contribution in [2.75, 3.05) is 19.8 Å². The molecule has 1 unspecified atom stereocenters. The van der Waals surface area contributed by atoms with E-state index in [0.29, 0.717) is 13.2 Å². The summed E-state index contributed by atoms with van der Waals surface area (Å²) < 4.78 is 15.4. The van der Waals surface area contributed by atoms with E-state index in [9.17, 15) is 4.79 Å². The predicted octanol–water partition coefficient (Wildman–Crippen LogP) is 1.88. The third kappa shape index (κ3) is 8.34. The van der Waals surface area contributed by atoms with Crippen LogP contribution in [0.4, 0.5) is 4.79 Å². The zero-order valence-electron chi connectivity index (χ0n) is 8.86. The summed E-state index contributed by atoms with van der Waals surface area (Å²) in [6.45, 7) is 6.93. The van der Waals surface area contributed by atoms with Crippen LogP contribution in [-0.4, -0.2) is 37.3 Å². The van der Waals surface area contributed by atoms with Gasteiger partial charge in [-0.3, -0.25) is 0 Å². The van der Waals surface area contributed by atoms with Crippen LogP contribution in [0, 0.1) is 0 Å². The highest BCUT2D eigenvalue weighted by Crippen LogP contribution is 1.99. The lowest BCUT2D eigenvalue weighted by Gasteiger charge is -2.17. The summed E-state index contributed by atoms with van der Waals surface area (Å²) in [6, 6.07) is 0. The van der Waals surface area contributed by atoms with Gasteiger partial charge in [0.2, 0.25) is 0 Å². The molecule has 0 saturated heterocycles. The molecule has 0 N–H and O–H groups in total. The molecule has 0 aliphatic rings. The molecule has 0 saturated carbocycles. The molecule has 84 valence electrons. The molecule has 0 aliphatic heterocycles. The SMILES string of the molecule is CCOC(COC(=O)S)COC(C)C. The van der Waals surface area contributed by atoms with Gasteiger partial charge < -0.3 is 14.2 Å². The lowest BCUT2D eigenvalue weighted by atomic mass is 10.4. The van der Waals surface area contributed by atoms with Crippen LogP contribution < -0.4 is 0 Å². The van der Waals surface area contributed by atoms with Gasteiger partial charge in [-0.15, -0.1) is 0 Å². The van der Waals surface area contributed by atoms with E-state index >= 15 is 0 Å². The van der Waals surface area contributed by atoms with E-state index in [-0.39, 0.29) is 18.8 Å². The van der Waals surface area contributed by atoms with Crippen molar-refractivity contribution in [2.24, 2.45) is 0 Å². The Labute approximate surface area is 90.3 Å². The number of carbonyl (C=O) groups is 1. The minimum absolute atomic E-state index is 0.143. The first-order valence-corrected chi connectivity index (χ1v) is 5.09. The topological polar surface area (TPSA) is 44.8 Å². The van der Waals surface area contributed by atoms with Crippen molar-refractivity contribution in [1.29, 1.82) is 0 Å². The maximum atomic E-state index is 10.4. The zero-order chi connectivity index (χ0) is 11.0. The van der Waals surface area contributed by atoms with Crippen LogP contribution in [0.25, 0.3) is 0 Å². The smallest absolute Gasteiger partial charge is 0.364 e. The predicted molar refractivity (Wildman–Crippen MR) is 56.8 cm³/mol. The highest BCUT2D eigenvalue weighted by Gasteiger charge is 2.11. The van der Waals surface area contributed by atoms with Gasteiger partial charge >= 0.3 is 5.30 Å². The first-order chi connectivity index (χ1) is 6.56. The molecule has 0 fully saturated rings. The second kappa shape index (κ2) is 8.08. The van der Waals surface area contributed by atoms with Crippen molar-refractivity contribution in [3.63, 3.8) is 0 Å². The standard InChI is InChI=1S/C9H18O4S/c1-4-11-8(5-12-7(2)3)6-13-9(10)14/h7-8H,4-6H2,1-3H3,(H,10,14). The molecule has 0 aliphatic carbocycles. The molecule has 0 aromatic heterocycles. The van der Waals surface area contributed by atoms with E-state index in [1.165, 1.54) is 0 Å². The lowest BCUT2D eigenvalue weighted by molar-refractivity contribution is -0.0529. The van der Waals surface area contributed by atoms with Crippen LogP contribution in [0.5, 0.6) is 0 Å². The minimum Gasteiger partial charge on any atom is -0.455 e. The highest BCUT2D eigenvalue weighted by atomic mass is 32.1. The van der Waals surface area contributed by atoms with Crippen molar-refractivity contribution in [1.82, 2.24) is 0 Å². The molecule has 0 amide bonds. The molecule has 0 aromatic carbocycles. The Kier molecular flexibility index (Phi) is 7.93. The van der Waals surface area contributed by atoms with Gasteiger partial charge in [0.05, 0.1) is 12.7 Å². The summed E-state index contributed by atoms with van der Waals surface area (Å²) in [5.41, 5.74) is 0. The van der Waals surface area contributed by atoms with Gasteiger partial charge in [-0.1, -0.05) is 12.6 Å². The Morgan fingerprint density at radius 1 is 1.29 bits per heavy atom. The van der Waals surface area contributed by atoms with Crippen molar-refractivity contribution < 1.29 is 19.0 Å². The quantitative estimate of drug-likeness (QED) is 0.527. The van der Waals surface area contributed by atoms with Crippen molar-refractivity contribution in [3.05, 3.63) is 0 Å². The fourth-order valence-corrected chi connectivity index (χ4v) is 0.919. The van der Waals surface area contributed by atoms with Gasteiger partial charge in [0, 0.05) is 6.61 Å². The largest absolute Gasteiger partial charge is 0.455 e. The van der Waals surface area contributed by atoms with Crippen LogP contribution >= 0.6 is 12.6 Å². The van der Waals surface area contributed by atoms with E-state index in [4.69, 9.17) is 14.2 Å². The van der Waals surface area contributed by atoms with Gasteiger partial charge in [0.1, 0.15) is 12.7 Å². The molecule has 0 rings (SSSR count). The number of thiol groups is 1. The minimum atomic E-state index is -0.598. The normalized spacial score (nSPS) is 12.9. The van der Waals surface area contributed by atoms with Crippen LogP contribution in [0.2, 0.25) is 0 Å². The summed E-state index contributed by atoms with van der Waals surface area (Å²) in [4.78, 5) is 10.4. The Morgan fingerprint density at radius 2 is 1.93 bits per heavy atom. The Hall–Kier alpha value is -0.260. The van der Waals surface area contributed by atoms with Gasteiger partial charge in [-0.2, -0.15) is 0 Å². The molecule has 5 heteroatoms. The first-order valence-electron chi connectivity index (χ1n) is 4.65. The summed E-state index contributed by atoms with van der Waals surface area (Å²) in [7, 11) is 0. The fourth-order valence-electron chi connectivity index (χ4n) is 0.844. The van der Waals surface area contributed by atoms with Crippen LogP contribution in [0.15, 0.2) is 0 Å². The van der Waals surface area contributed by atoms with E-state index in [0.717, 1.165) is 0 Å². The average molecular weight is 222 g/mol. The number of hydrogen-bond acceptors (Lipinski definition) is 4. The van der Waals surface area contributed by atoms with Gasteiger partial charge in [-0.25, -0.2) is 4.79 Å². The number of ether oxygens (including phenoxy) is 3. The summed E-state index contributed by atoms with van der Waals surface area (Å²) in [5.74, 6) is 0. The average Bonchev–Trinajstić information content (AvgIpc) is 2.09. The molecule has 14 heavy (non-hydrogen) atoms. The van der Waals surface area contributed by atoms with Crippen molar-refractivity contribution in [2.45, 2.75) is 33.0 Å². The Balaban J connectivity index is 3.70. The number of rotatable bonds is 7. The van der Waals surface area contributed by atoms with Crippen LogP contribution in [0.1, 0.15) is 20.8 Å². The monoisotopic (exact) mass is 222 g/mol. The van der Waals surface area contributed by atoms with E-state index in [2.05, 4.69) is 12.6 Å². The Bertz CT molecular complexity index is 161. The second-order valence-electron chi connectivity index (χ2n) is 3.04. The van der Waals surface area contributed by atoms with Crippen molar-refractivity contribution >= 4 is 17.9 Å². The molecular weight excluding hydrogens is 204 g/mol. The van der Waals surface area contributed by atoms with E-state index in [1.807, 2.05) is 20.8 Å². The summed E-state index contributed by atoms with van der Waals surface area (Å²) in [6.07, 6.45) is -0.0665. The van der Waals surface area contributed by atoms with Gasteiger partial charge in [0.15, 0.2) is 0 Å². The highest BCUT2D eigenvalue weighted by molar-refractivity contribution is 7.96. The molecular formula is C9H18O4S. The molecule has 0 radical (unpaired) electrons. The fraction of sp³-hybridized carbons (Fsp3) is 0.889. The maximum absolute atomic E-state index is 10.4. The molecule has 0 spiro atoms. The van der Waals surface area contributed by atoms with Gasteiger partial charge in [0.25, 0.3) is 0 Å². The third-order valence-corrected chi connectivity index (χ3v) is 1.54. The first kappa shape index (κ1) is 13.7. The molecule has 0 bridgehead atoms. The molecule has 1 atom stereocenters. The van der Waals surface area contributed by atoms with Crippen LogP contribution in [0.3, 0.4) is 0 Å². The van der Waals surface area contributed by atoms with E-state index in [1.54, 1.807) is 0 Å². The summed E-state index contributed by atoms with van der Waals surface area (Å²) in [5, 5.41) is -0.598. The van der Waals surface area contributed by atoms with Crippen LogP contribution in [-0.2, 0) is 14.2 Å². The second-order valence-corrected chi connectivity index (χ2v) is 3.40. The molecule has 4 nitrogen and oxygen atoms in total. The zero-order valence-corrected chi connectivity index (χ0v) is 9.75. The Morgan fingerprint density at radius 3 is 2.36 bits per heavy atom. The number of hydrogen-bond donors (Lipinski definition) is 1. The maximum Gasteiger partial charge on any atom is 0.364 e. The molecule has 0 heterocycles. The summed E-state index contributed by atoms with van der Waals surface area (Å²) >= 11 is 3.49. The van der Waals surface area contributed by atoms with E-state index < -0.39 is 5.30 Å². The lowest BCUT2D eigenvalue weighted by Crippen LogP contribution is -2.27. The number of carbonyl (C=O) groups excluding carboxylic acids is 1. The van der Waals surface area contributed by atoms with Crippen molar-refractivity contribution in [3.8, 4) is 0 Å².